The van der Waals surface area contributed by atoms with Crippen LogP contribution in [0.15, 0.2) is 43.5 Å². The third kappa shape index (κ3) is 4.57. The Balaban J connectivity index is 1.81. The highest BCUT2D eigenvalue weighted by atomic mass is 79.9. The van der Waals surface area contributed by atoms with Gasteiger partial charge in [0.05, 0.1) is 16.6 Å². The van der Waals surface area contributed by atoms with Crippen LogP contribution in [-0.2, 0) is 14.4 Å². The zero-order chi connectivity index (χ0) is 27.1. The predicted octanol–water partition coefficient (Wildman–Crippen LogP) is 3.31. The molecule has 0 aromatic heterocycles. The van der Waals surface area contributed by atoms with E-state index in [1.54, 1.807) is 45.7 Å². The lowest BCUT2D eigenvalue weighted by molar-refractivity contribution is -0.143. The monoisotopic (exact) mass is 589 g/mol. The normalized spacial score (nSPS) is 29.8. The lowest BCUT2D eigenvalue weighted by Gasteiger charge is -2.38. The number of benzene rings is 1. The van der Waals surface area contributed by atoms with Gasteiger partial charge in [-0.25, -0.2) is 0 Å². The van der Waals surface area contributed by atoms with Gasteiger partial charge in [-0.05, 0) is 43.9 Å². The number of amides is 3. The van der Waals surface area contributed by atoms with Crippen LogP contribution in [0.1, 0.15) is 24.0 Å². The number of alkyl halides is 1. The van der Waals surface area contributed by atoms with E-state index in [1.807, 2.05) is 32.0 Å². The lowest BCUT2D eigenvalue weighted by Crippen LogP contribution is -2.56. The van der Waals surface area contributed by atoms with Crippen molar-refractivity contribution in [3.63, 3.8) is 0 Å². The van der Waals surface area contributed by atoms with E-state index in [0.717, 1.165) is 16.8 Å². The molecule has 3 saturated heterocycles. The van der Waals surface area contributed by atoms with Gasteiger partial charge >= 0.3 is 0 Å². The van der Waals surface area contributed by atoms with E-state index in [1.165, 1.54) is 0 Å². The topological polar surface area (TPSA) is 81.2 Å². The van der Waals surface area contributed by atoms with E-state index in [2.05, 4.69) is 29.1 Å². The Morgan fingerprint density at radius 1 is 1.24 bits per heavy atom. The standard InChI is InChI=1S/C28H36BrN3O4S/c1-6-11-30(5)25(34)21-22-26(35)32(13-8-14-33)24(28(22)16-19(29)23(21)37-28)27(36)31(12-7-2)20-15-17(3)9-10-18(20)4/h6-7,9-10,15,19,21-24,33H,1-2,8,11-14,16H2,3-5H3/t19?,21-,22+,23-,24?,28?/m1/s1. The van der Waals surface area contributed by atoms with Crippen LogP contribution in [0.25, 0.3) is 0 Å². The molecule has 9 heteroatoms. The molecule has 0 saturated carbocycles. The molecule has 1 aromatic rings. The summed E-state index contributed by atoms with van der Waals surface area (Å²) in [6, 6.07) is 5.25. The van der Waals surface area contributed by atoms with E-state index in [-0.39, 0.29) is 41.0 Å². The highest BCUT2D eigenvalue weighted by molar-refractivity contribution is 9.09. The van der Waals surface area contributed by atoms with Crippen LogP contribution in [0.3, 0.4) is 0 Å². The van der Waals surface area contributed by atoms with Crippen molar-refractivity contribution in [1.29, 1.82) is 0 Å². The number of fused-ring (bicyclic) bond motifs is 1. The number of nitrogens with zero attached hydrogens (tertiary/aromatic N) is 3. The molecule has 37 heavy (non-hydrogen) atoms. The second-order valence-electron chi connectivity index (χ2n) is 10.3. The molecular weight excluding hydrogens is 554 g/mol. The van der Waals surface area contributed by atoms with Crippen LogP contribution in [0.4, 0.5) is 5.69 Å². The van der Waals surface area contributed by atoms with E-state index >= 15 is 0 Å². The van der Waals surface area contributed by atoms with Crippen molar-refractivity contribution in [2.45, 2.75) is 47.6 Å². The summed E-state index contributed by atoms with van der Waals surface area (Å²) in [4.78, 5) is 47.2. The molecule has 3 heterocycles. The van der Waals surface area contributed by atoms with Crippen LogP contribution >= 0.6 is 27.7 Å². The SMILES string of the molecule is C=CCN(C)C(=O)[C@H]1[C@@H]2SC3(CC2Br)C(C(=O)N(CC=C)c2cc(C)ccc2C)N(CCCO)C(=O)[C@H]13. The second-order valence-corrected chi connectivity index (χ2v) is 13.0. The Bertz CT molecular complexity index is 1110. The van der Waals surface area contributed by atoms with Gasteiger partial charge in [0.25, 0.3) is 5.91 Å². The van der Waals surface area contributed by atoms with E-state index in [9.17, 15) is 19.5 Å². The number of likely N-dealkylation sites (tertiary alicyclic amines) is 1. The number of aryl methyl sites for hydroxylation is 2. The molecular formula is C28H36BrN3O4S. The Hall–Kier alpha value is -2.10. The molecule has 1 aromatic carbocycles. The summed E-state index contributed by atoms with van der Waals surface area (Å²) in [5.41, 5.74) is 2.79. The minimum atomic E-state index is -0.742. The van der Waals surface area contributed by atoms with Crippen molar-refractivity contribution in [1.82, 2.24) is 9.80 Å². The Morgan fingerprint density at radius 3 is 2.59 bits per heavy atom. The van der Waals surface area contributed by atoms with Gasteiger partial charge in [-0.3, -0.25) is 14.4 Å². The fourth-order valence-electron chi connectivity index (χ4n) is 6.30. The maximum atomic E-state index is 14.5. The van der Waals surface area contributed by atoms with Gasteiger partial charge in [-0.1, -0.05) is 40.2 Å². The molecule has 4 rings (SSSR count). The number of likely N-dealkylation sites (N-methyl/N-ethyl adjacent to an activating group) is 1. The largest absolute Gasteiger partial charge is 0.396 e. The summed E-state index contributed by atoms with van der Waals surface area (Å²) in [5, 5.41) is 9.49. The van der Waals surface area contributed by atoms with Gasteiger partial charge < -0.3 is 19.8 Å². The fourth-order valence-corrected chi connectivity index (χ4v) is 9.90. The Kier molecular flexibility index (Phi) is 8.26. The van der Waals surface area contributed by atoms with E-state index < -0.39 is 22.6 Å². The summed E-state index contributed by atoms with van der Waals surface area (Å²) in [6.45, 7) is 12.5. The van der Waals surface area contributed by atoms with Crippen LogP contribution in [0.5, 0.6) is 0 Å². The second kappa shape index (κ2) is 10.9. The van der Waals surface area contributed by atoms with Gasteiger partial charge in [-0.2, -0.15) is 0 Å². The van der Waals surface area contributed by atoms with Crippen molar-refractivity contribution in [2.24, 2.45) is 11.8 Å². The van der Waals surface area contributed by atoms with Crippen molar-refractivity contribution in [2.75, 3.05) is 38.2 Å². The van der Waals surface area contributed by atoms with Crippen LogP contribution in [0.2, 0.25) is 0 Å². The van der Waals surface area contributed by atoms with Gasteiger partial charge in [0.2, 0.25) is 11.8 Å². The first-order valence-electron chi connectivity index (χ1n) is 12.7. The minimum absolute atomic E-state index is 0.00860. The van der Waals surface area contributed by atoms with Gasteiger partial charge in [0.15, 0.2) is 0 Å². The zero-order valence-electron chi connectivity index (χ0n) is 21.7. The molecule has 1 N–H and O–H groups in total. The average molecular weight is 591 g/mol. The first kappa shape index (κ1) is 27.9. The predicted molar refractivity (Wildman–Crippen MR) is 152 cm³/mol. The summed E-state index contributed by atoms with van der Waals surface area (Å²) in [6.07, 6.45) is 4.36. The number of carbonyl (C=O) groups excluding carboxylic acids is 3. The quantitative estimate of drug-likeness (QED) is 0.334. The van der Waals surface area contributed by atoms with Gasteiger partial charge in [-0.15, -0.1) is 24.9 Å². The maximum absolute atomic E-state index is 14.5. The maximum Gasteiger partial charge on any atom is 0.251 e. The van der Waals surface area contributed by atoms with E-state index in [0.29, 0.717) is 25.9 Å². The molecule has 7 nitrogen and oxygen atoms in total. The van der Waals surface area contributed by atoms with Crippen molar-refractivity contribution < 1.29 is 19.5 Å². The number of anilines is 1. The molecule has 3 amide bonds. The number of thioether (sulfide) groups is 1. The highest BCUT2D eigenvalue weighted by Gasteiger charge is 2.75. The number of rotatable bonds is 10. The first-order valence-corrected chi connectivity index (χ1v) is 14.5. The van der Waals surface area contributed by atoms with Crippen molar-refractivity contribution >= 4 is 51.1 Å². The Labute approximate surface area is 232 Å². The van der Waals surface area contributed by atoms with Crippen molar-refractivity contribution in [3.8, 4) is 0 Å². The third-order valence-electron chi connectivity index (χ3n) is 7.88. The molecule has 3 aliphatic rings. The fraction of sp³-hybridized carbons (Fsp3) is 0.536. The molecule has 1 spiro atoms. The third-order valence-corrected chi connectivity index (χ3v) is 11.1. The molecule has 3 aliphatic heterocycles. The first-order chi connectivity index (χ1) is 17.6. The summed E-state index contributed by atoms with van der Waals surface area (Å²) in [5.74, 6) is -1.53. The van der Waals surface area contributed by atoms with Crippen molar-refractivity contribution in [3.05, 3.63) is 54.6 Å². The lowest BCUT2D eigenvalue weighted by atomic mass is 9.70. The average Bonchev–Trinajstić information content (AvgIpc) is 3.45. The van der Waals surface area contributed by atoms with Crippen LogP contribution in [0, 0.1) is 25.7 Å². The molecule has 0 radical (unpaired) electrons. The summed E-state index contributed by atoms with van der Waals surface area (Å²) >= 11 is 5.43. The molecule has 0 aliphatic carbocycles. The van der Waals surface area contributed by atoms with Gasteiger partial charge in [0, 0.05) is 49.1 Å². The zero-order valence-corrected chi connectivity index (χ0v) is 24.1. The molecule has 3 fully saturated rings. The molecule has 3 unspecified atom stereocenters. The molecule has 6 atom stereocenters. The summed E-state index contributed by atoms with van der Waals surface area (Å²) in [7, 11) is 1.73. The number of carbonyl (C=O) groups is 3. The smallest absolute Gasteiger partial charge is 0.251 e. The molecule has 2 bridgehead atoms. The Morgan fingerprint density at radius 2 is 1.95 bits per heavy atom. The highest BCUT2D eigenvalue weighted by Crippen LogP contribution is 2.68. The summed E-state index contributed by atoms with van der Waals surface area (Å²) < 4.78 is -0.727. The minimum Gasteiger partial charge on any atom is -0.396 e. The number of aliphatic hydroxyl groups excluding tert-OH is 1. The van der Waals surface area contributed by atoms with Crippen LogP contribution < -0.4 is 4.90 Å². The number of hydrogen-bond acceptors (Lipinski definition) is 5. The van der Waals surface area contributed by atoms with Crippen LogP contribution in [-0.4, -0.2) is 86.8 Å². The number of aliphatic hydroxyl groups is 1. The van der Waals surface area contributed by atoms with Gasteiger partial charge in [0.1, 0.15) is 6.04 Å². The number of halogens is 1. The molecule has 200 valence electrons. The van der Waals surface area contributed by atoms with E-state index in [4.69, 9.17) is 0 Å². The number of hydrogen-bond donors (Lipinski definition) is 1.